The van der Waals surface area contributed by atoms with E-state index in [1.807, 2.05) is 6.92 Å². The van der Waals surface area contributed by atoms with Crippen molar-refractivity contribution >= 4 is 40.6 Å². The van der Waals surface area contributed by atoms with Crippen molar-refractivity contribution in [2.45, 2.75) is 11.8 Å². The molecule has 0 fully saturated rings. The summed E-state index contributed by atoms with van der Waals surface area (Å²) in [6.45, 7) is 1.91. The molecule has 0 aliphatic carbocycles. The Morgan fingerprint density at radius 2 is 1.73 bits per heavy atom. The summed E-state index contributed by atoms with van der Waals surface area (Å²) in [5.41, 5.74) is 1.06. The van der Waals surface area contributed by atoms with Crippen LogP contribution in [-0.4, -0.2) is 38.3 Å². The minimum Gasteiger partial charge on any atom is -0.768 e. The van der Waals surface area contributed by atoms with Crippen LogP contribution in [0.25, 0.3) is 0 Å². The first-order valence-electron chi connectivity index (χ1n) is 2.86. The van der Waals surface area contributed by atoms with Crippen LogP contribution in [0.1, 0.15) is 5.56 Å². The topological polar surface area (TPSA) is 40.1 Å². The summed E-state index contributed by atoms with van der Waals surface area (Å²) in [6, 6.07) is 6.70. The van der Waals surface area contributed by atoms with Crippen LogP contribution in [0.15, 0.2) is 29.2 Å². The molecule has 0 saturated heterocycles. The molecule has 0 spiro atoms. The van der Waals surface area contributed by atoms with Crippen molar-refractivity contribution in [1.82, 2.24) is 0 Å². The number of hydrogen-bond acceptors (Lipinski definition) is 2. The van der Waals surface area contributed by atoms with E-state index in [1.54, 1.807) is 24.3 Å². The van der Waals surface area contributed by atoms with Crippen molar-refractivity contribution < 1.29 is 8.76 Å². The molecule has 1 aromatic carbocycles. The van der Waals surface area contributed by atoms with Gasteiger partial charge in [-0.05, 0) is 30.1 Å². The van der Waals surface area contributed by atoms with E-state index in [4.69, 9.17) is 0 Å². The van der Waals surface area contributed by atoms with Crippen molar-refractivity contribution in [1.29, 1.82) is 0 Å². The van der Waals surface area contributed by atoms with E-state index < -0.39 is 11.1 Å². The Morgan fingerprint density at radius 3 is 2.09 bits per heavy atom. The van der Waals surface area contributed by atoms with Gasteiger partial charge in [0.2, 0.25) is 0 Å². The van der Waals surface area contributed by atoms with Crippen molar-refractivity contribution in [3.8, 4) is 0 Å². The summed E-state index contributed by atoms with van der Waals surface area (Å²) in [6.07, 6.45) is 0. The van der Waals surface area contributed by atoms with Gasteiger partial charge in [0.1, 0.15) is 0 Å². The second kappa shape index (κ2) is 5.06. The number of rotatable bonds is 1. The first-order valence-corrected chi connectivity index (χ1v) is 3.93. The zero-order valence-corrected chi connectivity index (χ0v) is 9.35. The van der Waals surface area contributed by atoms with Gasteiger partial charge in [-0.2, -0.15) is 0 Å². The summed E-state index contributed by atoms with van der Waals surface area (Å²) < 4.78 is 20.6. The molecule has 1 unspecified atom stereocenters. The molecule has 0 saturated carbocycles. The standard InChI is InChI=1S/C7H8O2S.Na/c1-6-2-4-7(5-3-6)10(8)9;/h2-5H,1H3,(H,8,9);/p-1. The molecule has 0 aliphatic heterocycles. The first kappa shape index (κ1) is 11.3. The zero-order valence-electron chi connectivity index (χ0n) is 6.53. The van der Waals surface area contributed by atoms with Crippen LogP contribution in [0, 0.1) is 6.92 Å². The SMILES string of the molecule is Cc1ccc(S(=O)[O-])cc1.[Na]. The van der Waals surface area contributed by atoms with Crippen LogP contribution in [0.5, 0.6) is 0 Å². The molecule has 2 nitrogen and oxygen atoms in total. The van der Waals surface area contributed by atoms with Gasteiger partial charge in [-0.1, -0.05) is 17.7 Å². The Bertz CT molecular complexity index is 245. The maximum absolute atomic E-state index is 10.3. The van der Waals surface area contributed by atoms with Gasteiger partial charge in [0, 0.05) is 34.5 Å². The van der Waals surface area contributed by atoms with Crippen LogP contribution < -0.4 is 0 Å². The molecule has 11 heavy (non-hydrogen) atoms. The van der Waals surface area contributed by atoms with Gasteiger partial charge in [0.05, 0.1) is 0 Å². The fourth-order valence-electron chi connectivity index (χ4n) is 0.649. The molecular weight excluding hydrogens is 171 g/mol. The van der Waals surface area contributed by atoms with Gasteiger partial charge in [-0.15, -0.1) is 0 Å². The molecule has 0 aromatic heterocycles. The van der Waals surface area contributed by atoms with Crippen LogP contribution >= 0.6 is 0 Å². The Hall–Kier alpha value is 0.330. The van der Waals surface area contributed by atoms with Gasteiger partial charge >= 0.3 is 0 Å². The summed E-state index contributed by atoms with van der Waals surface area (Å²) in [7, 11) is 0. The second-order valence-corrected chi connectivity index (χ2v) is 2.99. The Labute approximate surface area is 90.6 Å². The van der Waals surface area contributed by atoms with Crippen molar-refractivity contribution in [2.24, 2.45) is 0 Å². The molecule has 1 radical (unpaired) electrons. The summed E-state index contributed by atoms with van der Waals surface area (Å²) >= 11 is -2.09. The van der Waals surface area contributed by atoms with Crippen LogP contribution in [0.4, 0.5) is 0 Å². The van der Waals surface area contributed by atoms with Crippen LogP contribution in [0.3, 0.4) is 0 Å². The normalized spacial score (nSPS) is 11.8. The van der Waals surface area contributed by atoms with E-state index in [2.05, 4.69) is 0 Å². The van der Waals surface area contributed by atoms with Gasteiger partial charge in [-0.3, -0.25) is 4.21 Å². The molecule has 0 bridgehead atoms. The summed E-state index contributed by atoms with van der Waals surface area (Å²) in [5.74, 6) is 0. The predicted octanol–water partition coefficient (Wildman–Crippen LogP) is 0.852. The van der Waals surface area contributed by atoms with E-state index >= 15 is 0 Å². The summed E-state index contributed by atoms with van der Waals surface area (Å²) in [4.78, 5) is 0.339. The smallest absolute Gasteiger partial charge is 0.0248 e. The maximum atomic E-state index is 10.3. The second-order valence-electron chi connectivity index (χ2n) is 2.05. The molecule has 1 aromatic rings. The average molecular weight is 178 g/mol. The van der Waals surface area contributed by atoms with Crippen molar-refractivity contribution in [3.63, 3.8) is 0 Å². The van der Waals surface area contributed by atoms with E-state index in [0.717, 1.165) is 5.56 Å². The molecule has 0 amide bonds. The molecule has 1 rings (SSSR count). The molecule has 1 atom stereocenters. The number of benzene rings is 1. The molecule has 0 aliphatic rings. The largest absolute Gasteiger partial charge is 0.768 e. The minimum atomic E-state index is -2.09. The van der Waals surface area contributed by atoms with Crippen molar-refractivity contribution in [3.05, 3.63) is 29.8 Å². The Balaban J connectivity index is 0.000001000. The predicted molar refractivity (Wildman–Crippen MR) is 44.1 cm³/mol. The van der Waals surface area contributed by atoms with E-state index in [-0.39, 0.29) is 29.6 Å². The molecule has 0 N–H and O–H groups in total. The Morgan fingerprint density at radius 1 is 1.27 bits per heavy atom. The van der Waals surface area contributed by atoms with Crippen molar-refractivity contribution in [2.75, 3.05) is 0 Å². The average Bonchev–Trinajstić information content (AvgIpc) is 1.88. The molecule has 55 valence electrons. The van der Waals surface area contributed by atoms with Gasteiger partial charge in [0.15, 0.2) is 0 Å². The third-order valence-corrected chi connectivity index (χ3v) is 1.87. The summed E-state index contributed by atoms with van der Waals surface area (Å²) in [5, 5.41) is 0. The van der Waals surface area contributed by atoms with E-state index in [9.17, 15) is 8.76 Å². The van der Waals surface area contributed by atoms with Gasteiger partial charge in [-0.25, -0.2) is 0 Å². The van der Waals surface area contributed by atoms with Gasteiger partial charge in [0.25, 0.3) is 0 Å². The number of aryl methyl sites for hydroxylation is 1. The minimum absolute atomic E-state index is 0. The third kappa shape index (κ3) is 3.49. The Kier molecular flexibility index (Phi) is 5.21. The van der Waals surface area contributed by atoms with Gasteiger partial charge < -0.3 is 4.55 Å². The van der Waals surface area contributed by atoms with Crippen LogP contribution in [-0.2, 0) is 11.1 Å². The monoisotopic (exact) mass is 178 g/mol. The van der Waals surface area contributed by atoms with E-state index in [0.29, 0.717) is 4.90 Å². The maximum Gasteiger partial charge on any atom is 0.0248 e. The zero-order chi connectivity index (χ0) is 7.56. The quantitative estimate of drug-likeness (QED) is 0.472. The molecule has 4 heteroatoms. The number of hydrogen-bond donors (Lipinski definition) is 0. The molecular formula is C7H7NaO2S-. The van der Waals surface area contributed by atoms with E-state index in [1.165, 1.54) is 0 Å². The van der Waals surface area contributed by atoms with Crippen LogP contribution in [0.2, 0.25) is 0 Å². The molecule has 0 heterocycles. The fraction of sp³-hybridized carbons (Fsp3) is 0.143. The third-order valence-electron chi connectivity index (χ3n) is 1.21. The fourth-order valence-corrected chi connectivity index (χ4v) is 1.01. The first-order chi connectivity index (χ1) is 4.70.